The fourth-order valence-electron chi connectivity index (χ4n) is 13.1. The highest BCUT2D eigenvalue weighted by atomic mass is 32.2. The smallest absolute Gasteiger partial charge is 0.213 e. The Bertz CT molecular complexity index is 3770. The van der Waals surface area contributed by atoms with Crippen LogP contribution in [0.1, 0.15) is 110 Å². The topological polar surface area (TPSA) is 264 Å². The lowest BCUT2D eigenvalue weighted by Gasteiger charge is -2.47. The van der Waals surface area contributed by atoms with Gasteiger partial charge in [0.2, 0.25) is 20.0 Å². The third-order valence-corrected chi connectivity index (χ3v) is 20.9. The number of fused-ring (bicyclic) bond motifs is 6. The van der Waals surface area contributed by atoms with Gasteiger partial charge in [-0.25, -0.2) is 36.8 Å². The molecule has 0 aromatic carbocycles. The van der Waals surface area contributed by atoms with Crippen molar-refractivity contribution in [1.82, 2.24) is 62.9 Å². The zero-order chi connectivity index (χ0) is 53.1. The van der Waals surface area contributed by atoms with Crippen LogP contribution >= 0.6 is 0 Å². The van der Waals surface area contributed by atoms with Crippen LogP contribution < -0.4 is 0 Å². The van der Waals surface area contributed by atoms with Crippen molar-refractivity contribution in [1.29, 1.82) is 15.8 Å². The van der Waals surface area contributed by atoms with E-state index in [0.717, 1.165) is 125 Å². The summed E-state index contributed by atoms with van der Waals surface area (Å²) in [5, 5.41) is 42.4. The molecule has 22 heteroatoms. The highest BCUT2D eigenvalue weighted by Crippen LogP contribution is 2.48. The molecule has 0 amide bonds. The van der Waals surface area contributed by atoms with Gasteiger partial charge in [0, 0.05) is 123 Å². The van der Waals surface area contributed by atoms with E-state index < -0.39 is 31.1 Å². The highest BCUT2D eigenvalue weighted by molar-refractivity contribution is 7.89. The molecule has 7 aliphatic carbocycles. The van der Waals surface area contributed by atoms with Crippen LogP contribution in [0.25, 0.3) is 50.4 Å². The third-order valence-electron chi connectivity index (χ3n) is 17.3. The number of nitriles is 3. The molecule has 0 unspecified atom stereocenters. The Morgan fingerprint density at radius 2 is 0.909 bits per heavy atom. The lowest BCUT2D eigenvalue weighted by atomic mass is 9.87. The van der Waals surface area contributed by atoms with Crippen LogP contribution in [0, 0.1) is 34.0 Å². The summed E-state index contributed by atoms with van der Waals surface area (Å²) in [6, 6.07) is 8.83. The summed E-state index contributed by atoms with van der Waals surface area (Å²) in [5.74, 6) is 0.134. The second-order valence-corrected chi connectivity index (χ2v) is 26.1. The summed E-state index contributed by atoms with van der Waals surface area (Å²) in [5.41, 5.74) is 18.5. The van der Waals surface area contributed by atoms with E-state index in [0.29, 0.717) is 19.5 Å². The maximum absolute atomic E-state index is 12.2. The first-order chi connectivity index (χ1) is 37.2. The van der Waals surface area contributed by atoms with Crippen molar-refractivity contribution in [3.63, 3.8) is 0 Å². The zero-order valence-corrected chi connectivity index (χ0v) is 44.4. The summed E-state index contributed by atoms with van der Waals surface area (Å²) >= 11 is 0. The Hall–Kier alpha value is -7.55. The van der Waals surface area contributed by atoms with Gasteiger partial charge in [-0.2, -0.15) is 39.7 Å². The molecule has 0 N–H and O–H groups in total. The molecule has 0 radical (unpaired) electrons. The van der Waals surface area contributed by atoms with Gasteiger partial charge in [-0.1, -0.05) is 31.1 Å². The van der Waals surface area contributed by atoms with Crippen LogP contribution in [0.5, 0.6) is 0 Å². The molecule has 6 aromatic rings. The molecule has 77 heavy (non-hydrogen) atoms. The van der Waals surface area contributed by atoms with Crippen molar-refractivity contribution in [2.45, 2.75) is 114 Å². The number of pyridine rings is 1. The summed E-state index contributed by atoms with van der Waals surface area (Å²) in [6.07, 6.45) is 28.2. The van der Waals surface area contributed by atoms with Crippen LogP contribution in [-0.4, -0.2) is 117 Å². The van der Waals surface area contributed by atoms with E-state index in [-0.39, 0.29) is 43.0 Å². The monoisotopic (exact) mass is 1070 g/mol. The lowest BCUT2D eigenvalue weighted by Crippen LogP contribution is -2.64. The lowest BCUT2D eigenvalue weighted by molar-refractivity contribution is 0.0715. The van der Waals surface area contributed by atoms with E-state index >= 15 is 0 Å². The van der Waals surface area contributed by atoms with E-state index in [1.54, 1.807) is 31.2 Å². The van der Waals surface area contributed by atoms with Crippen LogP contribution in [0.15, 0.2) is 61.7 Å². The van der Waals surface area contributed by atoms with Gasteiger partial charge < -0.3 is 0 Å². The summed E-state index contributed by atoms with van der Waals surface area (Å²) in [4.78, 5) is 22.3. The number of sulfonamides is 2. The molecule has 2 saturated heterocycles. The van der Waals surface area contributed by atoms with Gasteiger partial charge >= 0.3 is 0 Å². The Morgan fingerprint density at radius 3 is 1.36 bits per heavy atom. The average molecular weight is 1070 g/mol. The number of nitrogens with zero attached hydrogens (tertiary/aromatic N) is 16. The fourth-order valence-corrected chi connectivity index (χ4v) is 15.5. The standard InChI is InChI=1S/C19H19N5O2S.C18H18N6O2S.C18H17N5/c1-2-27(25,26)23-11-19(12-23,6-7-20)24-10-15-14-5-8-21-16-4-3-13(18(14)16)9-17(15)22-24;1-2-27(25,26)23-9-18(10-23,5-6-19)24-8-13-15(22-24)7-12-3-4-14-16(12)17(13)21-11-20-14;19-8-7-18(5-1-2-6-18)23-10-13-15(22-23)9-12-3-4-14-16(12)17(13)21-11-20-14/h3,5,8,10H,2,4,6,9,11-12H2,1H3;3,8,11H,2,4-5,7,9-10H2,1H3;3,10-11H,1-2,4-7,9H2. The Labute approximate surface area is 446 Å². The second kappa shape index (κ2) is 18.0. The van der Waals surface area contributed by atoms with E-state index in [4.69, 9.17) is 15.3 Å². The molecule has 0 atom stereocenters. The van der Waals surface area contributed by atoms with Crippen molar-refractivity contribution in [3.05, 3.63) is 113 Å². The molecule has 9 aliphatic rings. The van der Waals surface area contributed by atoms with Gasteiger partial charge in [0.15, 0.2) is 0 Å². The molecule has 3 fully saturated rings. The van der Waals surface area contributed by atoms with E-state index in [2.05, 4.69) is 72.2 Å². The fraction of sp³-hybridized carbons (Fsp3) is 0.436. The Kier molecular flexibility index (Phi) is 11.5. The molecule has 20 nitrogen and oxygen atoms in total. The molecular formula is C55H54N16O4S2. The highest BCUT2D eigenvalue weighted by Gasteiger charge is 2.52. The maximum Gasteiger partial charge on any atom is 0.213 e. The van der Waals surface area contributed by atoms with E-state index in [1.165, 1.54) is 49.3 Å². The largest absolute Gasteiger partial charge is 0.265 e. The quantitative estimate of drug-likeness (QED) is 0.156. The van der Waals surface area contributed by atoms with Crippen molar-refractivity contribution >= 4 is 36.8 Å². The Balaban J connectivity index is 0.000000111. The van der Waals surface area contributed by atoms with Crippen molar-refractivity contribution in [3.8, 4) is 51.8 Å². The number of aromatic nitrogens is 11. The van der Waals surface area contributed by atoms with Gasteiger partial charge in [-0.15, -0.1) is 0 Å². The van der Waals surface area contributed by atoms with E-state index in [1.807, 2.05) is 29.3 Å². The minimum absolute atomic E-state index is 0.0620. The molecule has 1 saturated carbocycles. The SMILES string of the molecule is CCS(=O)(=O)N1CC(CC#N)(n2cc3c(n2)CC2=CCc4nccc-3c42)C1.CCS(=O)(=O)N1CC(CC#N)(n2cc3c(n2)CC2=CCc4ncnc-3c42)C1.N#CCC1(n2cc3c(n2)CC2=CCc4ncnc-3c42)CCCC1. The first-order valence-electron chi connectivity index (χ1n) is 26.3. The molecule has 390 valence electrons. The Morgan fingerprint density at radius 1 is 0.506 bits per heavy atom. The molecule has 0 spiro atoms. The van der Waals surface area contributed by atoms with Gasteiger partial charge in [0.1, 0.15) is 23.7 Å². The summed E-state index contributed by atoms with van der Waals surface area (Å²) < 4.78 is 57.2. The molecule has 8 heterocycles. The first-order valence-corrected chi connectivity index (χ1v) is 29.6. The molecule has 2 aliphatic heterocycles. The minimum atomic E-state index is -3.26. The van der Waals surface area contributed by atoms with Crippen LogP contribution in [-0.2, 0) is 75.2 Å². The van der Waals surface area contributed by atoms with Crippen LogP contribution in [0.2, 0.25) is 0 Å². The molecule has 0 bridgehead atoms. The van der Waals surface area contributed by atoms with Crippen molar-refractivity contribution in [2.75, 3.05) is 37.7 Å². The van der Waals surface area contributed by atoms with Gasteiger partial charge in [0.25, 0.3) is 0 Å². The van der Waals surface area contributed by atoms with Gasteiger partial charge in [0.05, 0.1) is 100 Å². The normalized spacial score (nSPS) is 19.7. The number of hydrogen-bond donors (Lipinski definition) is 0. The van der Waals surface area contributed by atoms with Crippen molar-refractivity contribution in [2.24, 2.45) is 0 Å². The molecular weight excluding hydrogens is 1010 g/mol. The third kappa shape index (κ3) is 7.67. The number of allylic oxidation sites excluding steroid dienone is 6. The average Bonchev–Trinajstić information content (AvgIpc) is 4.49. The number of rotatable bonds is 10. The summed E-state index contributed by atoms with van der Waals surface area (Å²) in [6.45, 7) is 4.43. The summed E-state index contributed by atoms with van der Waals surface area (Å²) in [7, 11) is -6.51. The maximum atomic E-state index is 12.2. The molecule has 15 rings (SSSR count). The molecule has 6 aromatic heterocycles. The van der Waals surface area contributed by atoms with Gasteiger partial charge in [-0.3, -0.25) is 19.0 Å². The van der Waals surface area contributed by atoms with E-state index in [9.17, 15) is 32.6 Å². The van der Waals surface area contributed by atoms with Crippen molar-refractivity contribution < 1.29 is 16.8 Å². The van der Waals surface area contributed by atoms with Gasteiger partial charge in [-0.05, 0) is 55.0 Å². The van der Waals surface area contributed by atoms with Crippen LogP contribution in [0.3, 0.4) is 0 Å². The van der Waals surface area contributed by atoms with Crippen LogP contribution in [0.4, 0.5) is 0 Å². The zero-order valence-electron chi connectivity index (χ0n) is 42.8. The minimum Gasteiger partial charge on any atom is -0.265 e. The second-order valence-electron chi connectivity index (χ2n) is 21.6. The predicted octanol–water partition coefficient (Wildman–Crippen LogP) is 5.84. The predicted molar refractivity (Wildman–Crippen MR) is 283 cm³/mol. The first kappa shape index (κ1) is 49.0. The number of hydrogen-bond acceptors (Lipinski definition) is 15.